The Bertz CT molecular complexity index is 1300. The zero-order valence-electron chi connectivity index (χ0n) is 20.0. The summed E-state index contributed by atoms with van der Waals surface area (Å²) in [6, 6.07) is 20.3. The summed E-state index contributed by atoms with van der Waals surface area (Å²) in [7, 11) is 0. The van der Waals surface area contributed by atoms with Gasteiger partial charge in [0.05, 0.1) is 11.4 Å². The molecule has 4 rings (SSSR count). The van der Waals surface area contributed by atoms with Crippen molar-refractivity contribution in [2.45, 2.75) is 34.6 Å². The van der Waals surface area contributed by atoms with Crippen molar-refractivity contribution in [2.24, 2.45) is 0 Å². The Hall–Kier alpha value is -4.12. The zero-order valence-corrected chi connectivity index (χ0v) is 20.0. The van der Waals surface area contributed by atoms with E-state index in [1.165, 1.54) is 0 Å². The number of hydrogen-bond donors (Lipinski definition) is 3. The lowest BCUT2D eigenvalue weighted by molar-refractivity contribution is 0.408. The highest BCUT2D eigenvalue weighted by Crippen LogP contribution is 2.48. The number of nitrogens with zero attached hydrogens (tertiary/aromatic N) is 1. The molecule has 4 aromatic carbocycles. The fourth-order valence-electron chi connectivity index (χ4n) is 4.00. The lowest BCUT2D eigenvalue weighted by Crippen LogP contribution is -2.14. The van der Waals surface area contributed by atoms with Gasteiger partial charge in [-0.15, -0.1) is 0 Å². The molecule has 174 valence electrons. The number of para-hydroxylation sites is 1. The zero-order chi connectivity index (χ0) is 24.6. The summed E-state index contributed by atoms with van der Waals surface area (Å²) in [5, 5.41) is 32.4. The van der Waals surface area contributed by atoms with E-state index in [0.717, 1.165) is 33.5 Å². The molecule has 0 aliphatic heterocycles. The molecule has 0 aliphatic carbocycles. The second-order valence-electron chi connectivity index (χ2n) is 8.65. The minimum Gasteiger partial charge on any atom is -0.505 e. The van der Waals surface area contributed by atoms with Gasteiger partial charge in [-0.2, -0.15) is 0 Å². The molecule has 34 heavy (non-hydrogen) atoms. The van der Waals surface area contributed by atoms with Gasteiger partial charge in [0.15, 0.2) is 11.5 Å². The van der Waals surface area contributed by atoms with Gasteiger partial charge in [0.2, 0.25) is 0 Å². The first kappa shape index (κ1) is 23.1. The predicted octanol–water partition coefficient (Wildman–Crippen LogP) is 7.61. The SMILES string of the molecule is Cc1cccc(Oc2ccc(N(c3c(C)ccc(C)c3O)c3c(C)ccc(C)c3O)cc2)c1O. The Morgan fingerprint density at radius 3 is 1.53 bits per heavy atom. The van der Waals surface area contributed by atoms with Crippen LogP contribution in [0.3, 0.4) is 0 Å². The molecule has 0 aromatic heterocycles. The van der Waals surface area contributed by atoms with E-state index in [1.54, 1.807) is 18.2 Å². The lowest BCUT2D eigenvalue weighted by atomic mass is 10.0. The van der Waals surface area contributed by atoms with Crippen molar-refractivity contribution in [3.8, 4) is 28.7 Å². The summed E-state index contributed by atoms with van der Waals surface area (Å²) in [5.74, 6) is 1.35. The van der Waals surface area contributed by atoms with Gasteiger partial charge >= 0.3 is 0 Å². The molecular formula is C29H29NO4. The molecule has 0 spiro atoms. The molecule has 0 heterocycles. The summed E-state index contributed by atoms with van der Waals surface area (Å²) < 4.78 is 5.90. The third-order valence-corrected chi connectivity index (χ3v) is 6.08. The average molecular weight is 456 g/mol. The minimum atomic E-state index is 0.105. The number of phenols is 3. The third kappa shape index (κ3) is 4.13. The topological polar surface area (TPSA) is 73.2 Å². The summed E-state index contributed by atoms with van der Waals surface area (Å²) in [5.41, 5.74) is 5.91. The highest BCUT2D eigenvalue weighted by molar-refractivity contribution is 5.87. The van der Waals surface area contributed by atoms with E-state index >= 15 is 0 Å². The third-order valence-electron chi connectivity index (χ3n) is 6.08. The summed E-state index contributed by atoms with van der Waals surface area (Å²) in [6.07, 6.45) is 0. The molecular weight excluding hydrogens is 426 g/mol. The Morgan fingerprint density at radius 1 is 0.529 bits per heavy atom. The van der Waals surface area contributed by atoms with Gasteiger partial charge in [-0.3, -0.25) is 0 Å². The van der Waals surface area contributed by atoms with E-state index in [9.17, 15) is 15.3 Å². The Labute approximate surface area is 200 Å². The smallest absolute Gasteiger partial charge is 0.169 e. The molecule has 0 saturated heterocycles. The molecule has 4 aromatic rings. The normalized spacial score (nSPS) is 10.9. The van der Waals surface area contributed by atoms with E-state index < -0.39 is 0 Å². The van der Waals surface area contributed by atoms with E-state index in [2.05, 4.69) is 0 Å². The fraction of sp³-hybridized carbons (Fsp3) is 0.172. The molecule has 0 amide bonds. The van der Waals surface area contributed by atoms with E-state index in [4.69, 9.17) is 4.74 Å². The van der Waals surface area contributed by atoms with Crippen molar-refractivity contribution in [3.05, 3.63) is 94.5 Å². The van der Waals surface area contributed by atoms with Gasteiger partial charge in [-0.05, 0) is 92.8 Å². The quantitative estimate of drug-likeness (QED) is 0.289. The van der Waals surface area contributed by atoms with Crippen LogP contribution in [0.4, 0.5) is 17.1 Å². The molecule has 0 unspecified atom stereocenters. The van der Waals surface area contributed by atoms with Crippen LogP contribution in [-0.4, -0.2) is 15.3 Å². The summed E-state index contributed by atoms with van der Waals surface area (Å²) in [6.45, 7) is 9.38. The maximum atomic E-state index is 11.1. The van der Waals surface area contributed by atoms with Crippen LogP contribution in [-0.2, 0) is 0 Å². The van der Waals surface area contributed by atoms with Crippen LogP contribution in [0.1, 0.15) is 27.8 Å². The fourth-order valence-corrected chi connectivity index (χ4v) is 4.00. The molecule has 0 bridgehead atoms. The molecule has 0 radical (unpaired) electrons. The maximum Gasteiger partial charge on any atom is 0.169 e. The Balaban J connectivity index is 1.85. The first-order valence-electron chi connectivity index (χ1n) is 11.1. The maximum absolute atomic E-state index is 11.1. The van der Waals surface area contributed by atoms with Gasteiger partial charge in [0, 0.05) is 5.69 Å². The number of anilines is 3. The van der Waals surface area contributed by atoms with Crippen LogP contribution < -0.4 is 9.64 Å². The van der Waals surface area contributed by atoms with Crippen molar-refractivity contribution >= 4 is 17.1 Å². The number of aromatic hydroxyl groups is 3. The number of rotatable bonds is 5. The van der Waals surface area contributed by atoms with Crippen LogP contribution in [0.5, 0.6) is 28.7 Å². The predicted molar refractivity (Wildman–Crippen MR) is 136 cm³/mol. The van der Waals surface area contributed by atoms with Crippen molar-refractivity contribution < 1.29 is 20.1 Å². The second kappa shape index (κ2) is 9.02. The second-order valence-corrected chi connectivity index (χ2v) is 8.65. The summed E-state index contributed by atoms with van der Waals surface area (Å²) >= 11 is 0. The van der Waals surface area contributed by atoms with Crippen molar-refractivity contribution in [2.75, 3.05) is 4.90 Å². The highest BCUT2D eigenvalue weighted by atomic mass is 16.5. The van der Waals surface area contributed by atoms with Crippen molar-refractivity contribution in [1.29, 1.82) is 0 Å². The van der Waals surface area contributed by atoms with Crippen LogP contribution >= 0.6 is 0 Å². The van der Waals surface area contributed by atoms with E-state index in [1.807, 2.05) is 88.0 Å². The number of aryl methyl sites for hydroxylation is 5. The van der Waals surface area contributed by atoms with Gasteiger partial charge in [0.1, 0.15) is 17.2 Å². The minimum absolute atomic E-state index is 0.105. The molecule has 0 saturated carbocycles. The number of ether oxygens (including phenoxy) is 1. The average Bonchev–Trinajstić information content (AvgIpc) is 2.82. The van der Waals surface area contributed by atoms with Crippen molar-refractivity contribution in [1.82, 2.24) is 0 Å². The van der Waals surface area contributed by atoms with Gasteiger partial charge in [-0.1, -0.05) is 36.4 Å². The monoisotopic (exact) mass is 455 g/mol. The molecule has 3 N–H and O–H groups in total. The largest absolute Gasteiger partial charge is 0.505 e. The van der Waals surface area contributed by atoms with Gasteiger partial charge in [0.25, 0.3) is 0 Å². The van der Waals surface area contributed by atoms with E-state index in [-0.39, 0.29) is 17.2 Å². The summed E-state index contributed by atoms with van der Waals surface area (Å²) in [4.78, 5) is 1.88. The van der Waals surface area contributed by atoms with Crippen LogP contribution in [0, 0.1) is 34.6 Å². The molecule has 0 aliphatic rings. The molecule has 0 atom stereocenters. The van der Waals surface area contributed by atoms with Gasteiger partial charge < -0.3 is 25.0 Å². The van der Waals surface area contributed by atoms with Crippen LogP contribution in [0.2, 0.25) is 0 Å². The lowest BCUT2D eigenvalue weighted by Gasteiger charge is -2.30. The number of benzene rings is 4. The highest BCUT2D eigenvalue weighted by Gasteiger charge is 2.24. The molecule has 5 heteroatoms. The molecule has 0 fully saturated rings. The van der Waals surface area contributed by atoms with E-state index in [0.29, 0.717) is 22.9 Å². The number of phenolic OH excluding ortho intramolecular Hbond substituents is 3. The first-order chi connectivity index (χ1) is 16.2. The van der Waals surface area contributed by atoms with Crippen LogP contribution in [0.15, 0.2) is 66.7 Å². The number of hydrogen-bond acceptors (Lipinski definition) is 5. The van der Waals surface area contributed by atoms with Crippen LogP contribution in [0.25, 0.3) is 0 Å². The Kier molecular flexibility index (Phi) is 6.12. The first-order valence-corrected chi connectivity index (χ1v) is 11.1. The van der Waals surface area contributed by atoms with Gasteiger partial charge in [-0.25, -0.2) is 0 Å². The molecule has 5 nitrogen and oxygen atoms in total. The Morgan fingerprint density at radius 2 is 1.00 bits per heavy atom. The standard InChI is InChI=1S/C29H29NO4/c1-17-9-11-20(4)28(32)25(17)30(26-18(2)10-12-21(5)29(26)33)22-13-15-23(16-14-22)34-24-8-6-7-19(3)27(24)31/h6-16,31-33H,1-5H3. The van der Waals surface area contributed by atoms with Crippen molar-refractivity contribution in [3.63, 3.8) is 0 Å².